The number of halogens is 7. The van der Waals surface area contributed by atoms with Gasteiger partial charge in [0.25, 0.3) is 0 Å². The van der Waals surface area contributed by atoms with E-state index in [-0.39, 0.29) is 34.9 Å². The van der Waals surface area contributed by atoms with Crippen molar-refractivity contribution in [3.05, 3.63) is 63.7 Å². The second-order valence-corrected chi connectivity index (χ2v) is 8.48. The third-order valence-electron chi connectivity index (χ3n) is 5.91. The predicted octanol–water partition coefficient (Wildman–Crippen LogP) is 7.31. The highest BCUT2D eigenvalue weighted by Crippen LogP contribution is 2.47. The van der Waals surface area contributed by atoms with Crippen molar-refractivity contribution < 1.29 is 35.9 Å². The van der Waals surface area contributed by atoms with E-state index < -0.39 is 47.6 Å². The predicted molar refractivity (Wildman–Crippen MR) is 116 cm³/mol. The summed E-state index contributed by atoms with van der Waals surface area (Å²) in [6, 6.07) is 4.21. The number of rotatable bonds is 4. The average Bonchev–Trinajstić information content (AvgIpc) is 2.75. The molecule has 0 radical (unpaired) electrons. The molecule has 34 heavy (non-hydrogen) atoms. The number of alkyl halides is 6. The van der Waals surface area contributed by atoms with Crippen molar-refractivity contribution in [3.8, 4) is 0 Å². The Morgan fingerprint density at radius 3 is 2.29 bits per heavy atom. The maximum Gasteiger partial charge on any atom is 0.416 e. The molecule has 0 saturated heterocycles. The van der Waals surface area contributed by atoms with Crippen LogP contribution < -0.4 is 10.6 Å². The second-order valence-electron chi connectivity index (χ2n) is 8.04. The number of hydrogen-bond acceptors (Lipinski definition) is 3. The molecule has 0 fully saturated rings. The molecule has 0 spiro atoms. The summed E-state index contributed by atoms with van der Waals surface area (Å²) < 4.78 is 85.5. The first-order valence-corrected chi connectivity index (χ1v) is 11.0. The molecule has 2 aromatic carbocycles. The number of amides is 1. The number of carbonyl (C=O) groups is 1. The lowest BCUT2D eigenvalue weighted by Gasteiger charge is -2.42. The van der Waals surface area contributed by atoms with Crippen LogP contribution in [0.2, 0.25) is 5.02 Å². The number of hydrogen-bond donors (Lipinski definition) is 1. The van der Waals surface area contributed by atoms with Gasteiger partial charge in [0.15, 0.2) is 0 Å². The minimum absolute atomic E-state index is 0.0348. The van der Waals surface area contributed by atoms with E-state index in [9.17, 15) is 31.1 Å². The van der Waals surface area contributed by atoms with Crippen LogP contribution in [0.4, 0.5) is 36.8 Å². The molecule has 1 amide bonds. The van der Waals surface area contributed by atoms with Gasteiger partial charge >= 0.3 is 18.4 Å². The number of anilines is 1. The highest BCUT2D eigenvalue weighted by molar-refractivity contribution is 6.30. The molecule has 3 atom stereocenters. The number of benzene rings is 2. The zero-order valence-corrected chi connectivity index (χ0v) is 19.1. The first-order valence-electron chi connectivity index (χ1n) is 10.6. The Morgan fingerprint density at radius 2 is 1.74 bits per heavy atom. The van der Waals surface area contributed by atoms with Crippen LogP contribution in [0.15, 0.2) is 36.4 Å². The van der Waals surface area contributed by atoms with Crippen LogP contribution in [0.25, 0.3) is 0 Å². The molecule has 0 aliphatic carbocycles. The first-order chi connectivity index (χ1) is 15.8. The molecule has 3 unspecified atom stereocenters. The number of ether oxygens (including phenoxy) is 1. The first kappa shape index (κ1) is 26.2. The summed E-state index contributed by atoms with van der Waals surface area (Å²) in [4.78, 5) is 14.0. The fraction of sp³-hybridized carbons (Fsp3) is 0.435. The lowest BCUT2D eigenvalue weighted by atomic mass is 9.77. The molecule has 1 aliphatic heterocycles. The molecule has 1 heterocycles. The van der Waals surface area contributed by atoms with Crippen molar-refractivity contribution in [2.24, 2.45) is 5.73 Å². The Balaban J connectivity index is 2.17. The van der Waals surface area contributed by atoms with E-state index in [0.29, 0.717) is 6.42 Å². The van der Waals surface area contributed by atoms with E-state index in [2.05, 4.69) is 0 Å². The summed E-state index contributed by atoms with van der Waals surface area (Å²) >= 11 is 5.91. The van der Waals surface area contributed by atoms with E-state index in [0.717, 1.165) is 24.3 Å². The quantitative estimate of drug-likeness (QED) is 0.441. The van der Waals surface area contributed by atoms with Gasteiger partial charge in [0.2, 0.25) is 0 Å². The van der Waals surface area contributed by atoms with E-state index >= 15 is 0 Å². The van der Waals surface area contributed by atoms with Gasteiger partial charge in [-0.25, -0.2) is 4.79 Å². The lowest BCUT2D eigenvalue weighted by molar-refractivity contribution is -0.138. The van der Waals surface area contributed by atoms with E-state index in [1.807, 2.05) is 0 Å². The lowest BCUT2D eigenvalue weighted by Crippen LogP contribution is -2.46. The van der Waals surface area contributed by atoms with Crippen LogP contribution in [0, 0.1) is 0 Å². The van der Waals surface area contributed by atoms with Gasteiger partial charge in [-0.1, -0.05) is 18.5 Å². The molecular weight excluding hydrogens is 486 g/mol. The van der Waals surface area contributed by atoms with Gasteiger partial charge in [-0.05, 0) is 67.3 Å². The molecule has 0 bridgehead atoms. The average molecular weight is 509 g/mol. The Kier molecular flexibility index (Phi) is 7.43. The topological polar surface area (TPSA) is 55.6 Å². The minimum Gasteiger partial charge on any atom is -0.449 e. The Labute approximate surface area is 197 Å². The smallest absolute Gasteiger partial charge is 0.416 e. The van der Waals surface area contributed by atoms with Crippen LogP contribution in [-0.4, -0.2) is 18.7 Å². The largest absolute Gasteiger partial charge is 0.449 e. The van der Waals surface area contributed by atoms with E-state index in [1.54, 1.807) is 13.8 Å². The minimum atomic E-state index is -4.68. The normalized spacial score (nSPS) is 19.5. The molecule has 3 rings (SSSR count). The van der Waals surface area contributed by atoms with E-state index in [1.165, 1.54) is 17.0 Å². The number of nitrogens with zero attached hydrogens (tertiary/aromatic N) is 1. The third-order valence-corrected chi connectivity index (χ3v) is 6.12. The molecule has 0 aromatic heterocycles. The van der Waals surface area contributed by atoms with Gasteiger partial charge in [-0.15, -0.1) is 0 Å². The van der Waals surface area contributed by atoms with Crippen molar-refractivity contribution in [1.82, 2.24) is 0 Å². The van der Waals surface area contributed by atoms with Crippen molar-refractivity contribution in [3.63, 3.8) is 0 Å². The summed E-state index contributed by atoms with van der Waals surface area (Å²) in [5, 5.41) is -0.194. The number of carbonyl (C=O) groups excluding carboxylic acids is 1. The number of nitrogens with two attached hydrogens (primary N) is 1. The monoisotopic (exact) mass is 508 g/mol. The Hall–Kier alpha value is -2.46. The fourth-order valence-corrected chi connectivity index (χ4v) is 4.54. The van der Waals surface area contributed by atoms with Crippen molar-refractivity contribution in [2.45, 2.75) is 57.0 Å². The van der Waals surface area contributed by atoms with Gasteiger partial charge in [-0.2, -0.15) is 26.3 Å². The van der Waals surface area contributed by atoms with Crippen LogP contribution in [0.3, 0.4) is 0 Å². The van der Waals surface area contributed by atoms with Gasteiger partial charge in [0, 0.05) is 23.0 Å². The molecule has 2 aromatic rings. The fourth-order valence-electron chi connectivity index (χ4n) is 4.30. The molecule has 0 saturated carbocycles. The van der Waals surface area contributed by atoms with E-state index in [4.69, 9.17) is 22.1 Å². The van der Waals surface area contributed by atoms with Gasteiger partial charge in [0.05, 0.1) is 23.4 Å². The molecule has 1 aliphatic rings. The zero-order valence-electron chi connectivity index (χ0n) is 18.3. The molecule has 4 nitrogen and oxygen atoms in total. The van der Waals surface area contributed by atoms with Crippen LogP contribution in [-0.2, 0) is 17.1 Å². The van der Waals surface area contributed by atoms with Gasteiger partial charge in [0.1, 0.15) is 0 Å². The van der Waals surface area contributed by atoms with Gasteiger partial charge < -0.3 is 10.5 Å². The highest BCUT2D eigenvalue weighted by atomic mass is 35.5. The van der Waals surface area contributed by atoms with Crippen LogP contribution >= 0.6 is 11.6 Å². The maximum atomic E-state index is 13.5. The van der Waals surface area contributed by atoms with Crippen molar-refractivity contribution in [1.29, 1.82) is 0 Å². The summed E-state index contributed by atoms with van der Waals surface area (Å²) in [6.45, 7) is 3.45. The summed E-state index contributed by atoms with van der Waals surface area (Å²) in [5.41, 5.74) is 4.74. The SMILES string of the molecule is CCOC(=O)N1c2ccc(C(F)(F)F)cc2C(C(N)c2cc(Cl)cc(C(F)(F)F)c2)CC1CC. The molecule has 186 valence electrons. The Bertz CT molecular complexity index is 1060. The molecular formula is C23H23ClF6N2O2. The zero-order chi connectivity index (χ0) is 25.4. The summed E-state index contributed by atoms with van der Waals surface area (Å²) in [5.74, 6) is -0.813. The van der Waals surface area contributed by atoms with Crippen LogP contribution in [0.1, 0.15) is 60.9 Å². The maximum absolute atomic E-state index is 13.5. The van der Waals surface area contributed by atoms with Crippen molar-refractivity contribution >= 4 is 23.4 Å². The molecule has 11 heteroatoms. The number of fused-ring (bicyclic) bond motifs is 1. The summed E-state index contributed by atoms with van der Waals surface area (Å²) in [7, 11) is 0. The van der Waals surface area contributed by atoms with Gasteiger partial charge in [-0.3, -0.25) is 4.90 Å². The summed E-state index contributed by atoms with van der Waals surface area (Å²) in [6.07, 6.45) is -9.52. The third kappa shape index (κ3) is 5.27. The Morgan fingerprint density at radius 1 is 1.09 bits per heavy atom. The second kappa shape index (κ2) is 9.65. The molecule has 2 N–H and O–H groups in total. The standard InChI is InChI=1S/C23H23ClF6N2O2/c1-3-16-11-18(20(31)12-7-14(23(28,29)30)9-15(24)8-12)17-10-13(22(25,26)27)5-6-19(17)32(16)21(33)34-4-2/h5-10,16,18,20H,3-4,11,31H2,1-2H3. The van der Waals surface area contributed by atoms with Crippen LogP contribution in [0.5, 0.6) is 0 Å². The van der Waals surface area contributed by atoms with Crippen molar-refractivity contribution in [2.75, 3.05) is 11.5 Å². The highest BCUT2D eigenvalue weighted by Gasteiger charge is 2.41.